The molecular weight excluding hydrogens is 246 g/mol. The minimum absolute atomic E-state index is 0.0123. The predicted octanol–water partition coefficient (Wildman–Crippen LogP) is 1.88. The first-order valence-corrected chi connectivity index (χ1v) is 6.50. The Morgan fingerprint density at radius 3 is 2.63 bits per heavy atom. The molecule has 1 heterocycles. The van der Waals surface area contributed by atoms with E-state index in [9.17, 15) is 10.1 Å². The van der Waals surface area contributed by atoms with Gasteiger partial charge in [-0.15, -0.1) is 0 Å². The first-order valence-electron chi connectivity index (χ1n) is 6.50. The van der Waals surface area contributed by atoms with Crippen LogP contribution in [0.15, 0.2) is 12.1 Å². The average Bonchev–Trinajstić information content (AvgIpc) is 3.28. The van der Waals surface area contributed by atoms with E-state index in [1.807, 2.05) is 0 Å². The van der Waals surface area contributed by atoms with Gasteiger partial charge in [-0.05, 0) is 37.0 Å². The minimum Gasteiger partial charge on any atom is -0.369 e. The molecule has 0 spiro atoms. The highest BCUT2D eigenvalue weighted by Gasteiger charge is 2.53. The Balaban J connectivity index is 1.72. The van der Waals surface area contributed by atoms with E-state index in [0.717, 1.165) is 12.5 Å². The zero-order chi connectivity index (χ0) is 13.5. The maximum atomic E-state index is 10.8. The Kier molecular flexibility index (Phi) is 2.78. The van der Waals surface area contributed by atoms with Crippen molar-refractivity contribution >= 4 is 17.3 Å². The highest BCUT2D eigenvalue weighted by molar-refractivity contribution is 5.54. The van der Waals surface area contributed by atoms with Crippen molar-refractivity contribution in [2.24, 2.45) is 17.2 Å². The minimum atomic E-state index is -0.443. The van der Waals surface area contributed by atoms with Crippen LogP contribution in [0.2, 0.25) is 0 Å². The molecule has 2 aliphatic rings. The van der Waals surface area contributed by atoms with Gasteiger partial charge in [0.1, 0.15) is 11.6 Å². The van der Waals surface area contributed by atoms with Crippen LogP contribution < -0.4 is 16.6 Å². The molecule has 2 saturated carbocycles. The number of nitrogens with zero attached hydrogens (tertiary/aromatic N) is 2. The molecule has 3 rings (SSSR count). The smallest absolute Gasteiger partial charge is 0.276 e. The Morgan fingerprint density at radius 1 is 1.42 bits per heavy atom. The summed E-state index contributed by atoms with van der Waals surface area (Å²) in [4.78, 5) is 14.6. The van der Waals surface area contributed by atoms with E-state index in [2.05, 4.69) is 15.7 Å². The summed E-state index contributed by atoms with van der Waals surface area (Å²) in [5.74, 6) is 6.92. The second-order valence-corrected chi connectivity index (χ2v) is 5.49. The highest BCUT2D eigenvalue weighted by Crippen LogP contribution is 2.61. The first kappa shape index (κ1) is 12.2. The molecule has 2 aliphatic carbocycles. The quantitative estimate of drug-likeness (QED) is 0.411. The van der Waals surface area contributed by atoms with Crippen molar-refractivity contribution in [2.75, 3.05) is 17.3 Å². The van der Waals surface area contributed by atoms with Crippen LogP contribution in [0.25, 0.3) is 0 Å². The number of nitrogens with two attached hydrogens (primary N) is 1. The van der Waals surface area contributed by atoms with Gasteiger partial charge in [-0.3, -0.25) is 10.1 Å². The van der Waals surface area contributed by atoms with Gasteiger partial charge < -0.3 is 10.7 Å². The number of nitro groups is 1. The lowest BCUT2D eigenvalue weighted by molar-refractivity contribution is -0.384. The molecule has 0 saturated heterocycles. The van der Waals surface area contributed by atoms with Crippen molar-refractivity contribution in [3.05, 3.63) is 22.2 Å². The molecule has 4 N–H and O–H groups in total. The number of hydrogen-bond acceptors (Lipinski definition) is 6. The van der Waals surface area contributed by atoms with E-state index in [4.69, 9.17) is 5.84 Å². The Morgan fingerprint density at radius 2 is 2.11 bits per heavy atom. The number of pyridine rings is 1. The molecule has 7 heteroatoms. The molecular formula is C12H17N5O2. The maximum absolute atomic E-state index is 10.8. The topological polar surface area (TPSA) is 106 Å². The number of anilines is 2. The van der Waals surface area contributed by atoms with Gasteiger partial charge in [0.25, 0.3) is 5.69 Å². The van der Waals surface area contributed by atoms with Gasteiger partial charge in [0, 0.05) is 6.54 Å². The fourth-order valence-corrected chi connectivity index (χ4v) is 2.64. The van der Waals surface area contributed by atoms with Gasteiger partial charge in [0.05, 0.1) is 17.1 Å². The van der Waals surface area contributed by atoms with Crippen molar-refractivity contribution in [1.29, 1.82) is 0 Å². The number of nitrogen functional groups attached to an aromatic ring is 1. The fraction of sp³-hybridized carbons (Fsp3) is 0.583. The number of rotatable bonds is 6. The second-order valence-electron chi connectivity index (χ2n) is 5.49. The Bertz CT molecular complexity index is 511. The number of hydrazine groups is 1. The largest absolute Gasteiger partial charge is 0.369 e. The normalized spacial score (nSPS) is 19.8. The van der Waals surface area contributed by atoms with Gasteiger partial charge in [-0.25, -0.2) is 10.8 Å². The summed E-state index contributed by atoms with van der Waals surface area (Å²) >= 11 is 0. The van der Waals surface area contributed by atoms with Crippen LogP contribution in [0.1, 0.15) is 25.7 Å². The lowest BCUT2D eigenvalue weighted by atomic mass is 10.0. The van der Waals surface area contributed by atoms with E-state index in [1.165, 1.54) is 37.8 Å². The highest BCUT2D eigenvalue weighted by atomic mass is 16.6. The summed E-state index contributed by atoms with van der Waals surface area (Å²) in [6.45, 7) is 0.843. The standard InChI is InChI=1S/C12H17N5O2/c13-16-11-6-9(17(18)19)5-10(15-11)14-7-12(3-4-12)8-1-2-8/h5-6,8H,1-4,7,13H2,(H2,14,15,16). The second kappa shape index (κ2) is 4.34. The lowest BCUT2D eigenvalue weighted by Gasteiger charge is -2.15. The van der Waals surface area contributed by atoms with Crippen LogP contribution in [0, 0.1) is 21.4 Å². The molecule has 0 amide bonds. The molecule has 102 valence electrons. The number of hydrogen-bond donors (Lipinski definition) is 3. The molecule has 1 aromatic heterocycles. The summed E-state index contributed by atoms with van der Waals surface area (Å²) in [5.41, 5.74) is 2.76. The number of nitrogens with one attached hydrogen (secondary N) is 2. The maximum Gasteiger partial charge on any atom is 0.276 e. The van der Waals surface area contributed by atoms with Crippen molar-refractivity contribution < 1.29 is 4.92 Å². The van der Waals surface area contributed by atoms with Gasteiger partial charge in [0.2, 0.25) is 0 Å². The molecule has 0 radical (unpaired) electrons. The predicted molar refractivity (Wildman–Crippen MR) is 71.6 cm³/mol. The zero-order valence-electron chi connectivity index (χ0n) is 10.6. The van der Waals surface area contributed by atoms with Crippen molar-refractivity contribution in [3.63, 3.8) is 0 Å². The lowest BCUT2D eigenvalue weighted by Crippen LogP contribution is -2.18. The van der Waals surface area contributed by atoms with Crippen molar-refractivity contribution in [3.8, 4) is 0 Å². The summed E-state index contributed by atoms with van der Waals surface area (Å²) in [7, 11) is 0. The first-order chi connectivity index (χ1) is 9.13. The summed E-state index contributed by atoms with van der Waals surface area (Å²) in [5, 5.41) is 14.1. The molecule has 19 heavy (non-hydrogen) atoms. The molecule has 7 nitrogen and oxygen atoms in total. The third-order valence-electron chi connectivity index (χ3n) is 4.13. The summed E-state index contributed by atoms with van der Waals surface area (Å²) in [6, 6.07) is 2.77. The Labute approximate surface area is 110 Å². The Hall–Kier alpha value is -1.89. The average molecular weight is 263 g/mol. The zero-order valence-corrected chi connectivity index (χ0v) is 10.6. The fourth-order valence-electron chi connectivity index (χ4n) is 2.64. The van der Waals surface area contributed by atoms with Gasteiger partial charge in [-0.1, -0.05) is 0 Å². The van der Waals surface area contributed by atoms with E-state index >= 15 is 0 Å². The SMILES string of the molecule is NNc1cc([N+](=O)[O-])cc(NCC2(C3CC3)CC2)n1. The van der Waals surface area contributed by atoms with Crippen LogP contribution >= 0.6 is 0 Å². The van der Waals surface area contributed by atoms with E-state index in [0.29, 0.717) is 17.1 Å². The van der Waals surface area contributed by atoms with Crippen molar-refractivity contribution in [1.82, 2.24) is 4.98 Å². The molecule has 0 aromatic carbocycles. The third kappa shape index (κ3) is 2.46. The number of aromatic nitrogens is 1. The van der Waals surface area contributed by atoms with Crippen molar-refractivity contribution in [2.45, 2.75) is 25.7 Å². The van der Waals surface area contributed by atoms with E-state index in [-0.39, 0.29) is 5.69 Å². The van der Waals surface area contributed by atoms with Crippen LogP contribution in [0.3, 0.4) is 0 Å². The molecule has 0 aliphatic heterocycles. The summed E-state index contributed by atoms with van der Waals surface area (Å²) < 4.78 is 0. The summed E-state index contributed by atoms with van der Waals surface area (Å²) in [6.07, 6.45) is 5.14. The van der Waals surface area contributed by atoms with E-state index in [1.54, 1.807) is 0 Å². The monoisotopic (exact) mass is 263 g/mol. The molecule has 0 unspecified atom stereocenters. The third-order valence-corrected chi connectivity index (χ3v) is 4.13. The molecule has 0 bridgehead atoms. The van der Waals surface area contributed by atoms with Crippen LogP contribution in [0.5, 0.6) is 0 Å². The molecule has 0 atom stereocenters. The van der Waals surface area contributed by atoms with Crippen LogP contribution in [0.4, 0.5) is 17.3 Å². The van der Waals surface area contributed by atoms with E-state index < -0.39 is 4.92 Å². The molecule has 1 aromatic rings. The van der Waals surface area contributed by atoms with Gasteiger partial charge in [0.15, 0.2) is 0 Å². The van der Waals surface area contributed by atoms with Crippen LogP contribution in [-0.4, -0.2) is 16.5 Å². The van der Waals surface area contributed by atoms with Gasteiger partial charge >= 0.3 is 0 Å². The van der Waals surface area contributed by atoms with Gasteiger partial charge in [-0.2, -0.15) is 0 Å². The van der Waals surface area contributed by atoms with Crippen LogP contribution in [-0.2, 0) is 0 Å². The molecule has 2 fully saturated rings.